The van der Waals surface area contributed by atoms with Gasteiger partial charge in [0.15, 0.2) is 6.04 Å². The molecule has 0 spiro atoms. The van der Waals surface area contributed by atoms with Crippen LogP contribution in [0.5, 0.6) is 5.75 Å². The normalized spacial score (nSPS) is 16.4. The molecule has 1 aliphatic heterocycles. The highest BCUT2D eigenvalue weighted by atomic mass is 32.2. The van der Waals surface area contributed by atoms with Crippen LogP contribution in [0.25, 0.3) is 16.3 Å². The average Bonchev–Trinajstić information content (AvgIpc) is 3.42. The summed E-state index contributed by atoms with van der Waals surface area (Å²) in [7, 11) is 1.38. The molecule has 7 heteroatoms. The lowest BCUT2D eigenvalue weighted by Gasteiger charge is -2.05. The van der Waals surface area contributed by atoms with Gasteiger partial charge in [-0.3, -0.25) is 4.99 Å². The quantitative estimate of drug-likeness (QED) is 0.379. The molecule has 1 unspecified atom stereocenters. The van der Waals surface area contributed by atoms with E-state index >= 15 is 0 Å². The number of benzene rings is 2. The van der Waals surface area contributed by atoms with Crippen LogP contribution in [0, 0.1) is 0 Å². The second-order valence-electron chi connectivity index (χ2n) is 6.49. The third kappa shape index (κ3) is 5.17. The van der Waals surface area contributed by atoms with Gasteiger partial charge in [0.25, 0.3) is 0 Å². The monoisotopic (exact) mass is 436 g/mol. The van der Waals surface area contributed by atoms with Crippen molar-refractivity contribution in [3.8, 4) is 5.75 Å². The fraction of sp³-hybridized carbons (Fsp3) is 0.174. The first kappa shape index (κ1) is 20.4. The number of hydrogen-bond acceptors (Lipinski definition) is 7. The second-order valence-corrected chi connectivity index (χ2v) is 8.59. The van der Waals surface area contributed by atoms with E-state index in [4.69, 9.17) is 9.47 Å². The number of nitrogens with zero attached hydrogens (tertiary/aromatic N) is 2. The van der Waals surface area contributed by atoms with Gasteiger partial charge in [0.2, 0.25) is 0 Å². The summed E-state index contributed by atoms with van der Waals surface area (Å²) in [5, 5.41) is 1.75. The number of methoxy groups -OCH3 is 1. The molecule has 2 heterocycles. The summed E-state index contributed by atoms with van der Waals surface area (Å²) >= 11 is 3.16. The molecule has 4 rings (SSSR count). The van der Waals surface area contributed by atoms with Crippen LogP contribution in [-0.4, -0.2) is 34.9 Å². The van der Waals surface area contributed by atoms with E-state index in [9.17, 15) is 4.79 Å². The molecule has 0 N–H and O–H groups in total. The number of carbonyl (C=O) groups is 1. The minimum atomic E-state index is -0.397. The summed E-state index contributed by atoms with van der Waals surface area (Å²) in [6, 6.07) is 15.7. The molecule has 5 nitrogen and oxygen atoms in total. The summed E-state index contributed by atoms with van der Waals surface area (Å²) in [4.78, 5) is 20.5. The maximum absolute atomic E-state index is 11.5. The first-order chi connectivity index (χ1) is 14.7. The predicted octanol–water partition coefficient (Wildman–Crippen LogP) is 5.13. The largest absolute Gasteiger partial charge is 0.489 e. The van der Waals surface area contributed by atoms with Gasteiger partial charge in [-0.15, -0.1) is 23.1 Å². The number of aromatic nitrogens is 1. The Bertz CT molecular complexity index is 1120. The molecule has 1 aliphatic rings. The zero-order valence-corrected chi connectivity index (χ0v) is 18.0. The number of ether oxygens (including phenoxy) is 2. The fourth-order valence-electron chi connectivity index (χ4n) is 2.84. The summed E-state index contributed by atoms with van der Waals surface area (Å²) in [6.07, 6.45) is 7.70. The van der Waals surface area contributed by atoms with Gasteiger partial charge in [0.1, 0.15) is 17.4 Å². The van der Waals surface area contributed by atoms with Crippen LogP contribution in [0.3, 0.4) is 0 Å². The summed E-state index contributed by atoms with van der Waals surface area (Å²) in [6.45, 7) is 0.543. The van der Waals surface area contributed by atoms with Gasteiger partial charge in [-0.25, -0.2) is 9.78 Å². The van der Waals surface area contributed by atoms with E-state index in [-0.39, 0.29) is 5.97 Å². The van der Waals surface area contributed by atoms with E-state index in [2.05, 4.69) is 9.98 Å². The molecule has 1 atom stereocenters. The summed E-state index contributed by atoms with van der Waals surface area (Å²) < 4.78 is 11.7. The van der Waals surface area contributed by atoms with E-state index < -0.39 is 6.04 Å². The number of thioether (sulfide) groups is 1. The average molecular weight is 437 g/mol. The van der Waals surface area contributed by atoms with Crippen LogP contribution in [0.1, 0.15) is 10.6 Å². The van der Waals surface area contributed by atoms with Gasteiger partial charge < -0.3 is 9.47 Å². The maximum Gasteiger partial charge on any atom is 0.331 e. The predicted molar refractivity (Wildman–Crippen MR) is 124 cm³/mol. The zero-order chi connectivity index (χ0) is 20.8. The number of carbonyl (C=O) groups excluding carboxylic acids is 1. The maximum atomic E-state index is 11.5. The molecule has 0 aliphatic carbocycles. The molecule has 0 saturated heterocycles. The van der Waals surface area contributed by atoms with Gasteiger partial charge in [0, 0.05) is 5.75 Å². The van der Waals surface area contributed by atoms with E-state index in [1.807, 2.05) is 72.8 Å². The number of rotatable bonds is 7. The van der Waals surface area contributed by atoms with Crippen LogP contribution in [0.4, 0.5) is 0 Å². The Hall–Kier alpha value is -2.90. The van der Waals surface area contributed by atoms with Crippen molar-refractivity contribution < 1.29 is 14.3 Å². The van der Waals surface area contributed by atoms with Crippen molar-refractivity contribution in [2.45, 2.75) is 12.6 Å². The standard InChI is InChI=1S/C23H20N2O3S2/c1-27-23(26)19-15-29-21(25-19)9-5-6-10-22-24-18-12-11-17(13-20(18)30-22)28-14-16-7-3-2-4-8-16/h2-13,19H,14-15H2,1H3. The van der Waals surface area contributed by atoms with Crippen molar-refractivity contribution >= 4 is 50.4 Å². The fourth-order valence-corrected chi connectivity index (χ4v) is 4.67. The van der Waals surface area contributed by atoms with E-state index in [0.29, 0.717) is 12.4 Å². The summed E-state index contributed by atoms with van der Waals surface area (Å²) in [5.74, 6) is 1.17. The van der Waals surface area contributed by atoms with E-state index in [0.717, 1.165) is 31.6 Å². The lowest BCUT2D eigenvalue weighted by atomic mass is 10.2. The minimum Gasteiger partial charge on any atom is -0.489 e. The topological polar surface area (TPSA) is 60.8 Å². The van der Waals surface area contributed by atoms with Crippen molar-refractivity contribution in [3.63, 3.8) is 0 Å². The Balaban J connectivity index is 1.37. The van der Waals surface area contributed by atoms with Gasteiger partial charge in [-0.1, -0.05) is 42.5 Å². The van der Waals surface area contributed by atoms with Crippen molar-refractivity contribution in [3.05, 3.63) is 77.3 Å². The van der Waals surface area contributed by atoms with Gasteiger partial charge in [-0.05, 0) is 35.9 Å². The van der Waals surface area contributed by atoms with Crippen LogP contribution < -0.4 is 4.74 Å². The molecule has 2 aromatic carbocycles. The molecule has 1 aromatic heterocycles. The van der Waals surface area contributed by atoms with Crippen molar-refractivity contribution in [2.24, 2.45) is 4.99 Å². The number of aliphatic imine (C=N–C) groups is 1. The zero-order valence-electron chi connectivity index (χ0n) is 16.4. The highest BCUT2D eigenvalue weighted by molar-refractivity contribution is 8.14. The van der Waals surface area contributed by atoms with Crippen LogP contribution >= 0.6 is 23.1 Å². The Kier molecular flexibility index (Phi) is 6.61. The minimum absolute atomic E-state index is 0.289. The Labute approximate surface area is 183 Å². The highest BCUT2D eigenvalue weighted by Crippen LogP contribution is 2.27. The third-order valence-electron chi connectivity index (χ3n) is 4.36. The molecule has 3 aromatic rings. The summed E-state index contributed by atoms with van der Waals surface area (Å²) in [5.41, 5.74) is 2.09. The second kappa shape index (κ2) is 9.73. The Morgan fingerprint density at radius 3 is 2.83 bits per heavy atom. The van der Waals surface area contributed by atoms with Gasteiger partial charge in [-0.2, -0.15) is 0 Å². The molecular weight excluding hydrogens is 416 g/mol. The van der Waals surface area contributed by atoms with Gasteiger partial charge in [0.05, 0.1) is 22.4 Å². The van der Waals surface area contributed by atoms with Crippen molar-refractivity contribution in [1.82, 2.24) is 4.98 Å². The number of hydrogen-bond donors (Lipinski definition) is 0. The number of esters is 1. The van der Waals surface area contributed by atoms with Crippen LogP contribution in [0.2, 0.25) is 0 Å². The van der Waals surface area contributed by atoms with Crippen LogP contribution in [0.15, 0.2) is 71.8 Å². The Morgan fingerprint density at radius 2 is 2.00 bits per heavy atom. The van der Waals surface area contributed by atoms with Crippen molar-refractivity contribution in [1.29, 1.82) is 0 Å². The van der Waals surface area contributed by atoms with Crippen LogP contribution in [-0.2, 0) is 16.1 Å². The lowest BCUT2D eigenvalue weighted by Crippen LogP contribution is -2.19. The van der Waals surface area contributed by atoms with E-state index in [1.54, 1.807) is 23.1 Å². The highest BCUT2D eigenvalue weighted by Gasteiger charge is 2.24. The molecule has 0 fully saturated rings. The molecule has 152 valence electrons. The van der Waals surface area contributed by atoms with E-state index in [1.165, 1.54) is 7.11 Å². The Morgan fingerprint density at radius 1 is 1.17 bits per heavy atom. The molecule has 0 radical (unpaired) electrons. The number of allylic oxidation sites excluding steroid dienone is 2. The first-order valence-electron chi connectivity index (χ1n) is 9.42. The smallest absolute Gasteiger partial charge is 0.331 e. The molecule has 0 bridgehead atoms. The van der Waals surface area contributed by atoms with Gasteiger partial charge >= 0.3 is 5.97 Å². The number of thiazole rings is 1. The molecule has 0 amide bonds. The molecule has 0 saturated carbocycles. The van der Waals surface area contributed by atoms with Crippen molar-refractivity contribution in [2.75, 3.05) is 12.9 Å². The lowest BCUT2D eigenvalue weighted by molar-refractivity contribution is -0.141. The SMILES string of the molecule is COC(=O)C1CSC(C=CC=Cc2nc3ccc(OCc4ccccc4)cc3s2)=N1. The molecular formula is C23H20N2O3S2. The molecule has 30 heavy (non-hydrogen) atoms. The third-order valence-corrected chi connectivity index (χ3v) is 6.36. The first-order valence-corrected chi connectivity index (χ1v) is 11.2. The number of fused-ring (bicyclic) bond motifs is 1.